The van der Waals surface area contributed by atoms with Crippen LogP contribution in [0.5, 0.6) is 0 Å². The molecule has 0 N–H and O–H groups in total. The fraction of sp³-hybridized carbons (Fsp3) is 0.769. The maximum Gasteiger partial charge on any atom is 0.0521 e. The van der Waals surface area contributed by atoms with E-state index in [1.807, 2.05) is 17.9 Å². The lowest BCUT2D eigenvalue weighted by atomic mass is 9.91. The second kappa shape index (κ2) is 5.00. The fourth-order valence-electron chi connectivity index (χ4n) is 2.58. The molecule has 16 heavy (non-hydrogen) atoms. The largest absolute Gasteiger partial charge is 0.301 e. The van der Waals surface area contributed by atoms with E-state index < -0.39 is 0 Å². The molecule has 90 valence electrons. The first-order valence-electron chi connectivity index (χ1n) is 6.36. The smallest absolute Gasteiger partial charge is 0.0521 e. The van der Waals surface area contributed by atoms with Gasteiger partial charge in [-0.1, -0.05) is 0 Å². The van der Waals surface area contributed by atoms with E-state index in [2.05, 4.69) is 30.0 Å². The minimum Gasteiger partial charge on any atom is -0.301 e. The van der Waals surface area contributed by atoms with E-state index in [-0.39, 0.29) is 0 Å². The summed E-state index contributed by atoms with van der Waals surface area (Å²) in [6.07, 6.45) is 8.05. The number of aryl methyl sites for hydroxylation is 1. The summed E-state index contributed by atoms with van der Waals surface area (Å²) in [6.45, 7) is 7.12. The molecule has 0 bridgehead atoms. The highest BCUT2D eigenvalue weighted by atomic mass is 15.2. The van der Waals surface area contributed by atoms with Gasteiger partial charge < -0.3 is 4.90 Å². The van der Waals surface area contributed by atoms with Crippen molar-refractivity contribution < 1.29 is 0 Å². The van der Waals surface area contributed by atoms with Crippen LogP contribution < -0.4 is 0 Å². The standard InChI is InChI=1S/C13H23N3/c1-11(2)16-6-4-12(5-7-16)8-13-9-14-15(3)10-13/h9-12H,4-8H2,1-3H3. The summed E-state index contributed by atoms with van der Waals surface area (Å²) in [6, 6.07) is 0.708. The first-order valence-corrected chi connectivity index (χ1v) is 6.36. The molecule has 0 aromatic carbocycles. The SMILES string of the molecule is CC(C)N1CCC(Cc2cnn(C)c2)CC1. The van der Waals surface area contributed by atoms with Crippen LogP contribution in [0.3, 0.4) is 0 Å². The van der Waals surface area contributed by atoms with Gasteiger partial charge in [0.2, 0.25) is 0 Å². The summed E-state index contributed by atoms with van der Waals surface area (Å²) in [7, 11) is 1.99. The number of hydrogen-bond donors (Lipinski definition) is 0. The van der Waals surface area contributed by atoms with Crippen molar-refractivity contribution in [3.05, 3.63) is 18.0 Å². The maximum atomic E-state index is 4.23. The molecule has 0 atom stereocenters. The zero-order valence-corrected chi connectivity index (χ0v) is 10.7. The Hall–Kier alpha value is -0.830. The molecule has 1 saturated heterocycles. The van der Waals surface area contributed by atoms with Gasteiger partial charge in [-0.15, -0.1) is 0 Å². The Bertz CT molecular complexity index is 322. The Morgan fingerprint density at radius 2 is 2.06 bits per heavy atom. The average molecular weight is 221 g/mol. The molecule has 0 spiro atoms. The molecular weight excluding hydrogens is 198 g/mol. The van der Waals surface area contributed by atoms with E-state index in [0.29, 0.717) is 6.04 Å². The molecular formula is C13H23N3. The van der Waals surface area contributed by atoms with Crippen molar-refractivity contribution in [3.63, 3.8) is 0 Å². The van der Waals surface area contributed by atoms with E-state index in [1.54, 1.807) is 0 Å². The van der Waals surface area contributed by atoms with Crippen LogP contribution in [0.25, 0.3) is 0 Å². The van der Waals surface area contributed by atoms with E-state index in [9.17, 15) is 0 Å². The third-order valence-electron chi connectivity index (χ3n) is 3.66. The van der Waals surface area contributed by atoms with Gasteiger partial charge in [-0.05, 0) is 57.7 Å². The molecule has 3 nitrogen and oxygen atoms in total. The molecule has 1 aliphatic rings. The summed E-state index contributed by atoms with van der Waals surface area (Å²) in [5.74, 6) is 0.860. The minimum atomic E-state index is 0.708. The number of hydrogen-bond acceptors (Lipinski definition) is 2. The van der Waals surface area contributed by atoms with Crippen LogP contribution in [0, 0.1) is 5.92 Å². The molecule has 1 aromatic rings. The van der Waals surface area contributed by atoms with Crippen LogP contribution in [0.2, 0.25) is 0 Å². The van der Waals surface area contributed by atoms with E-state index in [1.165, 1.54) is 37.9 Å². The Balaban J connectivity index is 1.81. The molecule has 1 aliphatic heterocycles. The number of aromatic nitrogens is 2. The third kappa shape index (κ3) is 2.85. The molecule has 2 rings (SSSR count). The molecule has 1 aromatic heterocycles. The van der Waals surface area contributed by atoms with Crippen LogP contribution in [-0.2, 0) is 13.5 Å². The lowest BCUT2D eigenvalue weighted by molar-refractivity contribution is 0.149. The van der Waals surface area contributed by atoms with Crippen LogP contribution in [0.15, 0.2) is 12.4 Å². The van der Waals surface area contributed by atoms with Gasteiger partial charge in [-0.2, -0.15) is 5.10 Å². The van der Waals surface area contributed by atoms with Crippen molar-refractivity contribution in [1.29, 1.82) is 0 Å². The van der Waals surface area contributed by atoms with Gasteiger partial charge in [0.25, 0.3) is 0 Å². The highest BCUT2D eigenvalue weighted by molar-refractivity contribution is 5.05. The Labute approximate surface area is 98.4 Å². The lowest BCUT2D eigenvalue weighted by Gasteiger charge is -2.34. The number of piperidine rings is 1. The first kappa shape index (κ1) is 11.6. The van der Waals surface area contributed by atoms with Gasteiger partial charge in [0.05, 0.1) is 6.20 Å². The van der Waals surface area contributed by atoms with Crippen molar-refractivity contribution in [3.8, 4) is 0 Å². The Kier molecular flexibility index (Phi) is 3.64. The zero-order valence-electron chi connectivity index (χ0n) is 10.7. The number of likely N-dealkylation sites (tertiary alicyclic amines) is 1. The number of rotatable bonds is 3. The topological polar surface area (TPSA) is 21.1 Å². The van der Waals surface area contributed by atoms with E-state index in [4.69, 9.17) is 0 Å². The van der Waals surface area contributed by atoms with Crippen molar-refractivity contribution >= 4 is 0 Å². The van der Waals surface area contributed by atoms with Crippen LogP contribution in [-0.4, -0.2) is 33.8 Å². The average Bonchev–Trinajstić information content (AvgIpc) is 2.65. The predicted octanol–water partition coefficient (Wildman–Crippen LogP) is 2.08. The lowest BCUT2D eigenvalue weighted by Crippen LogP contribution is -2.38. The normalized spacial score (nSPS) is 19.5. The Morgan fingerprint density at radius 3 is 2.56 bits per heavy atom. The second-order valence-corrected chi connectivity index (χ2v) is 5.30. The van der Waals surface area contributed by atoms with Gasteiger partial charge in [0, 0.05) is 19.3 Å². The van der Waals surface area contributed by atoms with Gasteiger partial charge in [-0.25, -0.2) is 0 Å². The van der Waals surface area contributed by atoms with E-state index >= 15 is 0 Å². The highest BCUT2D eigenvalue weighted by Crippen LogP contribution is 2.22. The molecule has 0 radical (unpaired) electrons. The van der Waals surface area contributed by atoms with Gasteiger partial charge in [0.1, 0.15) is 0 Å². The van der Waals surface area contributed by atoms with Gasteiger partial charge in [0.15, 0.2) is 0 Å². The quantitative estimate of drug-likeness (QED) is 0.779. The third-order valence-corrected chi connectivity index (χ3v) is 3.66. The first-order chi connectivity index (χ1) is 7.65. The molecule has 0 unspecified atom stereocenters. The van der Waals surface area contributed by atoms with Crippen LogP contribution >= 0.6 is 0 Å². The van der Waals surface area contributed by atoms with Gasteiger partial charge >= 0.3 is 0 Å². The predicted molar refractivity (Wildman–Crippen MR) is 66.3 cm³/mol. The molecule has 0 aliphatic carbocycles. The van der Waals surface area contributed by atoms with Crippen molar-refractivity contribution in [2.24, 2.45) is 13.0 Å². The van der Waals surface area contributed by atoms with Crippen molar-refractivity contribution in [2.45, 2.75) is 39.2 Å². The summed E-state index contributed by atoms with van der Waals surface area (Å²) >= 11 is 0. The summed E-state index contributed by atoms with van der Waals surface area (Å²) < 4.78 is 1.90. The van der Waals surface area contributed by atoms with Crippen LogP contribution in [0.4, 0.5) is 0 Å². The summed E-state index contributed by atoms with van der Waals surface area (Å²) in [5, 5.41) is 4.23. The van der Waals surface area contributed by atoms with Gasteiger partial charge in [-0.3, -0.25) is 4.68 Å². The molecule has 0 amide bonds. The molecule has 1 fully saturated rings. The summed E-state index contributed by atoms with van der Waals surface area (Å²) in [4.78, 5) is 2.58. The van der Waals surface area contributed by atoms with Crippen molar-refractivity contribution in [2.75, 3.05) is 13.1 Å². The van der Waals surface area contributed by atoms with Crippen molar-refractivity contribution in [1.82, 2.24) is 14.7 Å². The summed E-state index contributed by atoms with van der Waals surface area (Å²) in [5.41, 5.74) is 1.39. The molecule has 3 heteroatoms. The second-order valence-electron chi connectivity index (χ2n) is 5.30. The number of nitrogens with zero attached hydrogens (tertiary/aromatic N) is 3. The monoisotopic (exact) mass is 221 g/mol. The minimum absolute atomic E-state index is 0.708. The fourth-order valence-corrected chi connectivity index (χ4v) is 2.58. The Morgan fingerprint density at radius 1 is 1.38 bits per heavy atom. The maximum absolute atomic E-state index is 4.23. The molecule has 0 saturated carbocycles. The van der Waals surface area contributed by atoms with E-state index in [0.717, 1.165) is 5.92 Å². The molecule has 2 heterocycles. The van der Waals surface area contributed by atoms with Crippen LogP contribution in [0.1, 0.15) is 32.3 Å². The highest BCUT2D eigenvalue weighted by Gasteiger charge is 2.21. The zero-order chi connectivity index (χ0) is 11.5.